The Morgan fingerprint density at radius 1 is 1.19 bits per heavy atom. The van der Waals surface area contributed by atoms with Crippen LogP contribution in [0.4, 0.5) is 21.6 Å². The summed E-state index contributed by atoms with van der Waals surface area (Å²) in [5.74, 6) is 0.666. The van der Waals surface area contributed by atoms with Gasteiger partial charge in [-0.1, -0.05) is 23.7 Å². The van der Waals surface area contributed by atoms with Crippen LogP contribution in [0.2, 0.25) is 5.02 Å². The van der Waals surface area contributed by atoms with E-state index in [2.05, 4.69) is 20.3 Å². The van der Waals surface area contributed by atoms with Crippen molar-refractivity contribution < 1.29 is 19.0 Å². The van der Waals surface area contributed by atoms with Crippen molar-refractivity contribution in [2.45, 2.75) is 12.6 Å². The highest BCUT2D eigenvalue weighted by Crippen LogP contribution is 2.30. The molecular weight excluding hydrogens is 485 g/mol. The van der Waals surface area contributed by atoms with E-state index in [0.717, 1.165) is 22.2 Å². The third kappa shape index (κ3) is 5.17. The normalized spacial score (nSPS) is 16.4. The van der Waals surface area contributed by atoms with E-state index >= 15 is 0 Å². The van der Waals surface area contributed by atoms with Gasteiger partial charge in [0, 0.05) is 34.8 Å². The number of likely N-dealkylation sites (N-methyl/N-ethyl adjacent to an activating group) is 1. The van der Waals surface area contributed by atoms with Crippen LogP contribution in [0.3, 0.4) is 0 Å². The molecule has 0 bridgehead atoms. The van der Waals surface area contributed by atoms with Crippen LogP contribution in [0.15, 0.2) is 72.0 Å². The van der Waals surface area contributed by atoms with Gasteiger partial charge < -0.3 is 24.8 Å². The van der Waals surface area contributed by atoms with Gasteiger partial charge in [-0.2, -0.15) is 4.99 Å². The first-order valence-electron chi connectivity index (χ1n) is 11.2. The average Bonchev–Trinajstić information content (AvgIpc) is 3.23. The summed E-state index contributed by atoms with van der Waals surface area (Å²) in [5.41, 5.74) is 2.91. The second-order valence-corrected chi connectivity index (χ2v) is 8.66. The smallest absolute Gasteiger partial charge is 0.292 e. The van der Waals surface area contributed by atoms with Gasteiger partial charge in [-0.05, 0) is 42.5 Å². The fourth-order valence-electron chi connectivity index (χ4n) is 3.75. The first kappa shape index (κ1) is 23.8. The molecule has 1 aliphatic rings. The number of rotatable bonds is 7. The van der Waals surface area contributed by atoms with E-state index in [9.17, 15) is 9.50 Å². The zero-order valence-electron chi connectivity index (χ0n) is 19.4. The lowest BCUT2D eigenvalue weighted by atomic mass is 10.2. The monoisotopic (exact) mass is 507 g/mol. The number of nitrogens with one attached hydrogen (secondary N) is 1. The summed E-state index contributed by atoms with van der Waals surface area (Å²) < 4.78 is 24.6. The van der Waals surface area contributed by atoms with E-state index in [1.165, 1.54) is 18.5 Å². The van der Waals surface area contributed by atoms with Crippen molar-refractivity contribution in [3.63, 3.8) is 0 Å². The molecular formula is C26H23ClFN5O3. The maximum absolute atomic E-state index is 13.4. The zero-order chi connectivity index (χ0) is 25.1. The fourth-order valence-corrected chi connectivity index (χ4v) is 3.98. The third-order valence-corrected chi connectivity index (χ3v) is 6.17. The van der Waals surface area contributed by atoms with Crippen LogP contribution in [-0.2, 0) is 11.3 Å². The van der Waals surface area contributed by atoms with Crippen molar-refractivity contribution in [2.75, 3.05) is 25.6 Å². The van der Waals surface area contributed by atoms with Gasteiger partial charge in [0.1, 0.15) is 36.9 Å². The number of amidine groups is 1. The molecule has 1 fully saturated rings. The summed E-state index contributed by atoms with van der Waals surface area (Å²) in [6.45, 7) is 0.586. The number of hydrogen-bond acceptors (Lipinski definition) is 7. The maximum atomic E-state index is 13.4. The van der Waals surface area contributed by atoms with Gasteiger partial charge in [0.05, 0.1) is 23.9 Å². The van der Waals surface area contributed by atoms with Gasteiger partial charge in [-0.25, -0.2) is 14.4 Å². The van der Waals surface area contributed by atoms with Gasteiger partial charge in [0.25, 0.3) is 6.02 Å². The minimum atomic E-state index is -0.359. The van der Waals surface area contributed by atoms with Crippen LogP contribution in [0, 0.1) is 5.82 Å². The quantitative estimate of drug-likeness (QED) is 0.361. The first-order valence-corrected chi connectivity index (χ1v) is 11.6. The number of aliphatic imine (C=N–C) groups is 1. The second kappa shape index (κ2) is 10.3. The van der Waals surface area contributed by atoms with Crippen LogP contribution < -0.4 is 10.1 Å². The van der Waals surface area contributed by atoms with E-state index in [4.69, 9.17) is 21.1 Å². The summed E-state index contributed by atoms with van der Waals surface area (Å²) in [7, 11) is 1.83. The summed E-state index contributed by atoms with van der Waals surface area (Å²) in [6, 6.07) is 17.4. The molecule has 8 nitrogen and oxygen atoms in total. The maximum Gasteiger partial charge on any atom is 0.292 e. The lowest BCUT2D eigenvalue weighted by Crippen LogP contribution is -2.32. The summed E-state index contributed by atoms with van der Waals surface area (Å²) in [6.07, 6.45) is 1.48. The lowest BCUT2D eigenvalue weighted by Gasteiger charge is -2.15. The van der Waals surface area contributed by atoms with E-state index in [1.807, 2.05) is 42.3 Å². The largest absolute Gasteiger partial charge is 0.489 e. The Hall–Kier alpha value is -3.95. The molecule has 10 heteroatoms. The molecule has 1 atom stereocenters. The van der Waals surface area contributed by atoms with Crippen molar-refractivity contribution in [2.24, 2.45) is 4.99 Å². The molecule has 0 radical (unpaired) electrons. The summed E-state index contributed by atoms with van der Waals surface area (Å²) in [5, 5.41) is 14.0. The zero-order valence-corrected chi connectivity index (χ0v) is 20.1. The number of ether oxygens (including phenoxy) is 2. The topological polar surface area (TPSA) is 92.1 Å². The Morgan fingerprint density at radius 2 is 2.08 bits per heavy atom. The Kier molecular flexibility index (Phi) is 6.84. The molecule has 184 valence electrons. The highest BCUT2D eigenvalue weighted by atomic mass is 35.5. The predicted molar refractivity (Wildman–Crippen MR) is 137 cm³/mol. The van der Waals surface area contributed by atoms with Crippen LogP contribution in [0.1, 0.15) is 5.56 Å². The van der Waals surface area contributed by atoms with E-state index in [-0.39, 0.29) is 25.1 Å². The van der Waals surface area contributed by atoms with Crippen molar-refractivity contribution in [3.05, 3.63) is 83.4 Å². The highest BCUT2D eigenvalue weighted by Gasteiger charge is 2.27. The molecule has 2 N–H and O–H groups in total. The van der Waals surface area contributed by atoms with E-state index in [0.29, 0.717) is 34.9 Å². The molecule has 4 aromatic rings. The molecule has 1 saturated heterocycles. The number of aliphatic hydroxyl groups excluding tert-OH is 1. The van der Waals surface area contributed by atoms with Gasteiger partial charge in [-0.3, -0.25) is 0 Å². The van der Waals surface area contributed by atoms with E-state index < -0.39 is 0 Å². The van der Waals surface area contributed by atoms with E-state index in [1.54, 1.807) is 18.2 Å². The Bertz CT molecular complexity index is 1430. The van der Waals surface area contributed by atoms with Gasteiger partial charge in [0.2, 0.25) is 0 Å². The molecule has 1 aliphatic heterocycles. The molecule has 0 unspecified atom stereocenters. The van der Waals surface area contributed by atoms with Crippen LogP contribution in [0.25, 0.3) is 10.9 Å². The standard InChI is InChI=1S/C26H23ClFN5O3/c1-33-20(12-34)14-36-26(33)32-18-7-8-24-22(10-18)25(30-15-29-24)31-19-6-5-16(23(27)11-19)13-35-21-4-2-3-17(28)9-21/h2-11,15,20,34H,12-14H2,1H3,(H,29,30,31)/t20-/m0/s1. The summed E-state index contributed by atoms with van der Waals surface area (Å²) >= 11 is 6.49. The minimum Gasteiger partial charge on any atom is -0.489 e. The number of aliphatic hydroxyl groups is 1. The summed E-state index contributed by atoms with van der Waals surface area (Å²) in [4.78, 5) is 15.1. The van der Waals surface area contributed by atoms with Crippen LogP contribution in [-0.4, -0.2) is 52.3 Å². The highest BCUT2D eigenvalue weighted by molar-refractivity contribution is 6.31. The number of fused-ring (bicyclic) bond motifs is 1. The van der Waals surface area contributed by atoms with Crippen LogP contribution in [0.5, 0.6) is 5.75 Å². The van der Waals surface area contributed by atoms with Gasteiger partial charge in [-0.15, -0.1) is 0 Å². The Morgan fingerprint density at radius 3 is 2.86 bits per heavy atom. The van der Waals surface area contributed by atoms with Gasteiger partial charge in [0.15, 0.2) is 0 Å². The lowest BCUT2D eigenvalue weighted by molar-refractivity contribution is 0.197. The molecule has 1 aromatic heterocycles. The number of benzene rings is 3. The fraction of sp³-hybridized carbons (Fsp3) is 0.192. The molecule has 5 rings (SSSR count). The predicted octanol–water partition coefficient (Wildman–Crippen LogP) is 5.06. The van der Waals surface area contributed by atoms with Crippen LogP contribution >= 0.6 is 11.6 Å². The first-order chi connectivity index (χ1) is 17.5. The Balaban J connectivity index is 1.35. The SMILES string of the molecule is CN1C(=Nc2ccc3ncnc(Nc4ccc(COc5cccc(F)c5)c(Cl)c4)c3c2)OC[C@@H]1CO. The number of halogens is 2. The van der Waals surface area contributed by atoms with Crippen molar-refractivity contribution in [1.29, 1.82) is 0 Å². The third-order valence-electron chi connectivity index (χ3n) is 5.81. The Labute approximate surface area is 212 Å². The number of anilines is 2. The molecule has 0 saturated carbocycles. The molecule has 2 heterocycles. The molecule has 3 aromatic carbocycles. The van der Waals surface area contributed by atoms with Gasteiger partial charge >= 0.3 is 0 Å². The second-order valence-electron chi connectivity index (χ2n) is 8.25. The number of aromatic nitrogens is 2. The van der Waals surface area contributed by atoms with Crippen molar-refractivity contribution in [1.82, 2.24) is 14.9 Å². The van der Waals surface area contributed by atoms with Crippen molar-refractivity contribution >= 4 is 45.7 Å². The molecule has 0 spiro atoms. The number of nitrogens with zero attached hydrogens (tertiary/aromatic N) is 4. The molecule has 36 heavy (non-hydrogen) atoms. The minimum absolute atomic E-state index is 0.00652. The molecule has 0 amide bonds. The average molecular weight is 508 g/mol. The molecule has 0 aliphatic carbocycles. The number of hydrogen-bond donors (Lipinski definition) is 2. The van der Waals surface area contributed by atoms with Crippen molar-refractivity contribution in [3.8, 4) is 5.75 Å².